The number of carbonyl (C=O) groups is 1. The van der Waals surface area contributed by atoms with Gasteiger partial charge < -0.3 is 10.1 Å². The summed E-state index contributed by atoms with van der Waals surface area (Å²) in [6, 6.07) is 15.3. The van der Waals surface area contributed by atoms with Gasteiger partial charge in [-0.2, -0.15) is 18.3 Å². The Bertz CT molecular complexity index is 1010. The van der Waals surface area contributed by atoms with E-state index in [9.17, 15) is 18.0 Å². The van der Waals surface area contributed by atoms with E-state index in [0.717, 1.165) is 11.8 Å². The summed E-state index contributed by atoms with van der Waals surface area (Å²) >= 11 is 5.80. The van der Waals surface area contributed by atoms with Crippen molar-refractivity contribution in [1.29, 1.82) is 0 Å². The highest BCUT2D eigenvalue weighted by Gasteiger charge is 2.40. The maximum absolute atomic E-state index is 13.7. The highest BCUT2D eigenvalue weighted by Crippen LogP contribution is 2.33. The van der Waals surface area contributed by atoms with E-state index in [1.807, 2.05) is 37.3 Å². The summed E-state index contributed by atoms with van der Waals surface area (Å²) in [5, 5.41) is 6.66. The van der Waals surface area contributed by atoms with Crippen molar-refractivity contribution in [2.45, 2.75) is 25.6 Å². The molecule has 0 aliphatic rings. The lowest BCUT2D eigenvalue weighted by Crippen LogP contribution is -2.28. The molecular weight excluding hydrogens is 431 g/mol. The monoisotopic (exact) mass is 451 g/mol. The highest BCUT2D eigenvalue weighted by molar-refractivity contribution is 6.30. The van der Waals surface area contributed by atoms with E-state index in [1.165, 1.54) is 24.3 Å². The first-order valence-electron chi connectivity index (χ1n) is 9.63. The number of nitrogens with zero attached hydrogens (tertiary/aromatic N) is 2. The number of ether oxygens (including phenoxy) is 1. The first kappa shape index (κ1) is 22.8. The normalized spacial score (nSPS) is 12.5. The predicted molar refractivity (Wildman–Crippen MR) is 111 cm³/mol. The number of amides is 1. The minimum Gasteiger partial charge on any atom is -0.374 e. The second kappa shape index (κ2) is 9.98. The largest absolute Gasteiger partial charge is 0.434 e. The van der Waals surface area contributed by atoms with Gasteiger partial charge in [0.2, 0.25) is 0 Å². The van der Waals surface area contributed by atoms with Crippen molar-refractivity contribution in [2.75, 3.05) is 13.2 Å². The van der Waals surface area contributed by atoms with Gasteiger partial charge in [-0.1, -0.05) is 41.9 Å². The number of halogens is 4. The van der Waals surface area contributed by atoms with Gasteiger partial charge in [0.25, 0.3) is 5.91 Å². The van der Waals surface area contributed by atoms with Crippen LogP contribution in [0, 0.1) is 0 Å². The van der Waals surface area contributed by atoms with Crippen molar-refractivity contribution < 1.29 is 22.7 Å². The van der Waals surface area contributed by atoms with E-state index in [2.05, 4.69) is 10.4 Å². The number of carbonyl (C=O) groups excluding carboxylic acids is 1. The number of nitrogens with one attached hydrogen (secondary N) is 1. The molecule has 1 heterocycles. The van der Waals surface area contributed by atoms with Crippen molar-refractivity contribution in [3.63, 3.8) is 0 Å². The lowest BCUT2D eigenvalue weighted by Gasteiger charge is -2.14. The van der Waals surface area contributed by atoms with E-state index in [-0.39, 0.29) is 18.3 Å². The van der Waals surface area contributed by atoms with Crippen LogP contribution in [0.2, 0.25) is 5.02 Å². The van der Waals surface area contributed by atoms with Crippen LogP contribution in [-0.2, 0) is 10.9 Å². The Morgan fingerprint density at radius 3 is 2.48 bits per heavy atom. The molecule has 0 radical (unpaired) electrons. The summed E-state index contributed by atoms with van der Waals surface area (Å²) in [6.07, 6.45) is -3.51. The Kier molecular flexibility index (Phi) is 7.35. The lowest BCUT2D eigenvalue weighted by molar-refractivity contribution is -0.143. The molecule has 31 heavy (non-hydrogen) atoms. The van der Waals surface area contributed by atoms with Crippen LogP contribution < -0.4 is 5.32 Å². The van der Waals surface area contributed by atoms with Gasteiger partial charge in [0, 0.05) is 18.2 Å². The molecule has 0 spiro atoms. The minimum absolute atomic E-state index is 0.119. The Labute approximate surface area is 182 Å². The molecule has 3 aromatic rings. The number of alkyl halides is 3. The van der Waals surface area contributed by atoms with Gasteiger partial charge in [-0.05, 0) is 43.2 Å². The summed E-state index contributed by atoms with van der Waals surface area (Å²) in [5.41, 5.74) is -0.502. The molecule has 5 nitrogen and oxygen atoms in total. The molecule has 0 fully saturated rings. The Morgan fingerprint density at radius 2 is 1.84 bits per heavy atom. The van der Waals surface area contributed by atoms with Crippen LogP contribution in [0.15, 0.2) is 60.8 Å². The molecule has 1 aromatic heterocycles. The van der Waals surface area contributed by atoms with Gasteiger partial charge in [0.15, 0.2) is 5.69 Å². The summed E-state index contributed by atoms with van der Waals surface area (Å²) in [6.45, 7) is 2.44. The van der Waals surface area contributed by atoms with Crippen LogP contribution >= 0.6 is 11.6 Å². The van der Waals surface area contributed by atoms with Crippen LogP contribution in [0.4, 0.5) is 13.2 Å². The van der Waals surface area contributed by atoms with Gasteiger partial charge >= 0.3 is 6.18 Å². The zero-order valence-electron chi connectivity index (χ0n) is 16.7. The standard InChI is InChI=1S/C22H21ClF3N3O2/c1-15(16-6-3-2-4-7-16)31-13-5-12-27-21(30)19-14-28-29(20(19)22(24,25)26)18-10-8-17(23)9-11-18/h2-4,6-11,14-15H,5,12-13H2,1H3,(H,27,30). The molecule has 1 unspecified atom stereocenters. The molecule has 9 heteroatoms. The number of aromatic nitrogens is 2. The SMILES string of the molecule is CC(OCCCNC(=O)c1cnn(-c2ccc(Cl)cc2)c1C(F)(F)F)c1ccccc1. The summed E-state index contributed by atoms with van der Waals surface area (Å²) in [7, 11) is 0. The third-order valence-corrected chi connectivity index (χ3v) is 4.85. The van der Waals surface area contributed by atoms with Crippen molar-refractivity contribution in [1.82, 2.24) is 15.1 Å². The fourth-order valence-corrected chi connectivity index (χ4v) is 3.14. The zero-order valence-corrected chi connectivity index (χ0v) is 17.5. The van der Waals surface area contributed by atoms with Crippen LogP contribution in [0.1, 0.15) is 41.1 Å². The lowest BCUT2D eigenvalue weighted by atomic mass is 10.1. The molecule has 0 aliphatic carbocycles. The number of benzene rings is 2. The fraction of sp³-hybridized carbons (Fsp3) is 0.273. The van der Waals surface area contributed by atoms with Gasteiger partial charge in [-0.3, -0.25) is 4.79 Å². The second-order valence-electron chi connectivity index (χ2n) is 6.83. The van der Waals surface area contributed by atoms with E-state index in [4.69, 9.17) is 16.3 Å². The molecular formula is C22H21ClF3N3O2. The van der Waals surface area contributed by atoms with Crippen LogP contribution in [-0.4, -0.2) is 28.8 Å². The van der Waals surface area contributed by atoms with E-state index in [1.54, 1.807) is 0 Å². The summed E-state index contributed by atoms with van der Waals surface area (Å²) in [5.74, 6) is -0.844. The van der Waals surface area contributed by atoms with Gasteiger partial charge in [0.05, 0.1) is 23.6 Å². The molecule has 2 aromatic carbocycles. The van der Waals surface area contributed by atoms with Crippen LogP contribution in [0.3, 0.4) is 0 Å². The Balaban J connectivity index is 1.60. The fourth-order valence-electron chi connectivity index (χ4n) is 3.02. The van der Waals surface area contributed by atoms with Crippen molar-refractivity contribution in [3.05, 3.63) is 82.6 Å². The van der Waals surface area contributed by atoms with Gasteiger partial charge in [-0.15, -0.1) is 0 Å². The van der Waals surface area contributed by atoms with Crippen molar-refractivity contribution in [2.24, 2.45) is 0 Å². The molecule has 0 bridgehead atoms. The van der Waals surface area contributed by atoms with Crippen molar-refractivity contribution >= 4 is 17.5 Å². The first-order valence-corrected chi connectivity index (χ1v) is 10.0. The van der Waals surface area contributed by atoms with Crippen LogP contribution in [0.25, 0.3) is 5.69 Å². The van der Waals surface area contributed by atoms with E-state index < -0.39 is 23.3 Å². The van der Waals surface area contributed by atoms with E-state index >= 15 is 0 Å². The topological polar surface area (TPSA) is 56.1 Å². The molecule has 0 aliphatic heterocycles. The number of hydrogen-bond donors (Lipinski definition) is 1. The maximum Gasteiger partial charge on any atom is 0.434 e. The molecule has 164 valence electrons. The third-order valence-electron chi connectivity index (χ3n) is 4.60. The van der Waals surface area contributed by atoms with E-state index in [0.29, 0.717) is 22.7 Å². The smallest absolute Gasteiger partial charge is 0.374 e. The number of hydrogen-bond acceptors (Lipinski definition) is 3. The summed E-state index contributed by atoms with van der Waals surface area (Å²) in [4.78, 5) is 12.4. The Hall–Kier alpha value is -2.84. The highest BCUT2D eigenvalue weighted by atomic mass is 35.5. The minimum atomic E-state index is -4.77. The molecule has 0 saturated carbocycles. The Morgan fingerprint density at radius 1 is 1.16 bits per heavy atom. The van der Waals surface area contributed by atoms with Crippen LogP contribution in [0.5, 0.6) is 0 Å². The predicted octanol–water partition coefficient (Wildman–Crippen LogP) is 5.44. The summed E-state index contributed by atoms with van der Waals surface area (Å²) < 4.78 is 47.4. The second-order valence-corrected chi connectivity index (χ2v) is 7.26. The number of rotatable bonds is 8. The van der Waals surface area contributed by atoms with Gasteiger partial charge in [-0.25, -0.2) is 4.68 Å². The average molecular weight is 452 g/mol. The molecule has 1 N–H and O–H groups in total. The molecule has 1 amide bonds. The average Bonchev–Trinajstić information content (AvgIpc) is 3.20. The third kappa shape index (κ3) is 5.86. The molecule has 0 saturated heterocycles. The zero-order chi connectivity index (χ0) is 22.4. The molecule has 3 rings (SSSR count). The van der Waals surface area contributed by atoms with Gasteiger partial charge in [0.1, 0.15) is 0 Å². The molecule has 1 atom stereocenters. The first-order chi connectivity index (χ1) is 14.8. The van der Waals surface area contributed by atoms with Crippen molar-refractivity contribution in [3.8, 4) is 5.69 Å². The quantitative estimate of drug-likeness (QED) is 0.464. The maximum atomic E-state index is 13.7.